The van der Waals surface area contributed by atoms with Crippen LogP contribution in [-0.2, 0) is 22.7 Å². The molecule has 2 aliphatic rings. The zero-order valence-electron chi connectivity index (χ0n) is 15.6. The molecule has 0 unspecified atom stereocenters. The van der Waals surface area contributed by atoms with Gasteiger partial charge in [-0.3, -0.25) is 4.99 Å². The van der Waals surface area contributed by atoms with Crippen LogP contribution in [0.4, 0.5) is 0 Å². The van der Waals surface area contributed by atoms with Gasteiger partial charge in [0.15, 0.2) is 15.8 Å². The second kappa shape index (κ2) is 8.33. The highest BCUT2D eigenvalue weighted by Crippen LogP contribution is 2.26. The molecule has 3 rings (SSSR count). The molecule has 146 valence electrons. The number of hydrogen-bond acceptors (Lipinski definition) is 4. The fraction of sp³-hybridized carbons (Fsp3) is 0.611. The summed E-state index contributed by atoms with van der Waals surface area (Å²) in [6.45, 7) is 6.06. The molecule has 2 aliphatic heterocycles. The van der Waals surface area contributed by atoms with E-state index < -0.39 is 14.6 Å². The summed E-state index contributed by atoms with van der Waals surface area (Å²) in [4.78, 5) is 6.37. The molecule has 1 aromatic carbocycles. The molecule has 0 atom stereocenters. The van der Waals surface area contributed by atoms with E-state index in [-0.39, 0.29) is 29.7 Å². The molecule has 26 heavy (non-hydrogen) atoms. The number of nitrogens with one attached hydrogen (secondary N) is 1. The minimum Gasteiger partial charge on any atom is -0.493 e. The Morgan fingerprint density at radius 2 is 2.15 bits per heavy atom. The first-order valence-electron chi connectivity index (χ1n) is 8.75. The van der Waals surface area contributed by atoms with Gasteiger partial charge in [-0.1, -0.05) is 12.1 Å². The summed E-state index contributed by atoms with van der Waals surface area (Å²) in [6, 6.07) is 6.36. The van der Waals surface area contributed by atoms with E-state index in [1.165, 1.54) is 11.1 Å². The van der Waals surface area contributed by atoms with Gasteiger partial charge >= 0.3 is 0 Å². The topological polar surface area (TPSA) is 71.0 Å². The molecule has 1 fully saturated rings. The molecular weight excluding hydrogens is 465 g/mol. The van der Waals surface area contributed by atoms with Gasteiger partial charge in [-0.25, -0.2) is 8.42 Å². The van der Waals surface area contributed by atoms with Crippen LogP contribution in [0.15, 0.2) is 23.2 Å². The number of fused-ring (bicyclic) bond motifs is 1. The third-order valence-corrected chi connectivity index (χ3v) is 7.54. The Bertz CT molecular complexity index is 778. The summed E-state index contributed by atoms with van der Waals surface area (Å²) in [5.74, 6) is 1.95. The molecule has 6 nitrogen and oxygen atoms in total. The molecule has 1 aromatic rings. The monoisotopic (exact) mass is 493 g/mol. The van der Waals surface area contributed by atoms with Crippen molar-refractivity contribution in [2.24, 2.45) is 4.99 Å². The van der Waals surface area contributed by atoms with Gasteiger partial charge in [0, 0.05) is 33.1 Å². The Kier molecular flexibility index (Phi) is 6.81. The number of benzene rings is 1. The standard InChI is InChI=1S/C18H27N3O3S.HI/c1-18(2)13-21(9-11-25(18,22)23)17(19-3)20-8-6-14-4-5-16-15(12-14)7-10-24-16;/h4-5,12H,6-11,13H2,1-3H3,(H,19,20);1H. The minimum atomic E-state index is -3.04. The summed E-state index contributed by atoms with van der Waals surface area (Å²) in [7, 11) is -1.30. The van der Waals surface area contributed by atoms with E-state index in [9.17, 15) is 8.42 Å². The molecule has 2 heterocycles. The van der Waals surface area contributed by atoms with E-state index in [0.29, 0.717) is 13.1 Å². The number of rotatable bonds is 3. The van der Waals surface area contributed by atoms with Crippen LogP contribution in [0.5, 0.6) is 5.75 Å². The van der Waals surface area contributed by atoms with Crippen LogP contribution < -0.4 is 10.1 Å². The van der Waals surface area contributed by atoms with Gasteiger partial charge in [-0.2, -0.15) is 0 Å². The number of ether oxygens (including phenoxy) is 1. The van der Waals surface area contributed by atoms with Crippen molar-refractivity contribution >= 4 is 39.8 Å². The van der Waals surface area contributed by atoms with Crippen molar-refractivity contribution in [3.05, 3.63) is 29.3 Å². The molecular formula is C18H28IN3O3S. The molecule has 8 heteroatoms. The molecule has 1 saturated heterocycles. The summed E-state index contributed by atoms with van der Waals surface area (Å²) >= 11 is 0. The molecule has 0 aromatic heterocycles. The SMILES string of the molecule is CN=C(NCCc1ccc2c(c1)CCO2)N1CCS(=O)(=O)C(C)(C)C1.I. The van der Waals surface area contributed by atoms with Crippen molar-refractivity contribution in [3.63, 3.8) is 0 Å². The van der Waals surface area contributed by atoms with Crippen LogP contribution in [-0.4, -0.2) is 63.1 Å². The highest BCUT2D eigenvalue weighted by molar-refractivity contribution is 14.0. The molecule has 1 N–H and O–H groups in total. The van der Waals surface area contributed by atoms with Crippen LogP contribution >= 0.6 is 24.0 Å². The minimum absolute atomic E-state index is 0. The lowest BCUT2D eigenvalue weighted by molar-refractivity contribution is 0.353. The second-order valence-corrected chi connectivity index (χ2v) is 10.0. The molecule has 0 saturated carbocycles. The number of nitrogens with zero attached hydrogens (tertiary/aromatic N) is 2. The molecule has 0 amide bonds. The number of hydrogen-bond donors (Lipinski definition) is 1. The van der Waals surface area contributed by atoms with Gasteiger partial charge in [0.05, 0.1) is 17.1 Å². The lowest BCUT2D eigenvalue weighted by Crippen LogP contribution is -2.57. The number of aliphatic imine (C=N–C) groups is 1. The van der Waals surface area contributed by atoms with Gasteiger partial charge in [0.25, 0.3) is 0 Å². The van der Waals surface area contributed by atoms with Crippen molar-refractivity contribution in [1.29, 1.82) is 0 Å². The van der Waals surface area contributed by atoms with Crippen molar-refractivity contribution in [1.82, 2.24) is 10.2 Å². The quantitative estimate of drug-likeness (QED) is 0.396. The first-order valence-corrected chi connectivity index (χ1v) is 10.4. The second-order valence-electron chi connectivity index (χ2n) is 7.26. The predicted molar refractivity (Wildman–Crippen MR) is 116 cm³/mol. The number of halogens is 1. The van der Waals surface area contributed by atoms with Gasteiger partial charge in [-0.15, -0.1) is 24.0 Å². The van der Waals surface area contributed by atoms with E-state index in [4.69, 9.17) is 4.74 Å². The summed E-state index contributed by atoms with van der Waals surface area (Å²) in [5, 5.41) is 3.37. The van der Waals surface area contributed by atoms with Crippen molar-refractivity contribution < 1.29 is 13.2 Å². The highest BCUT2D eigenvalue weighted by atomic mass is 127. The van der Waals surface area contributed by atoms with Crippen LogP contribution in [0.2, 0.25) is 0 Å². The fourth-order valence-electron chi connectivity index (χ4n) is 3.37. The Morgan fingerprint density at radius 3 is 2.85 bits per heavy atom. The van der Waals surface area contributed by atoms with Crippen LogP contribution in [0.3, 0.4) is 0 Å². The van der Waals surface area contributed by atoms with Gasteiger partial charge in [0.2, 0.25) is 0 Å². The van der Waals surface area contributed by atoms with Gasteiger partial charge in [-0.05, 0) is 37.5 Å². The van der Waals surface area contributed by atoms with E-state index >= 15 is 0 Å². The third-order valence-electron chi connectivity index (χ3n) is 5.01. The predicted octanol–water partition coefficient (Wildman–Crippen LogP) is 1.87. The molecule has 0 aliphatic carbocycles. The van der Waals surface area contributed by atoms with Crippen molar-refractivity contribution in [2.75, 3.05) is 39.0 Å². The first kappa shape index (κ1) is 21.3. The first-order chi connectivity index (χ1) is 11.8. The lowest BCUT2D eigenvalue weighted by atomic mass is 10.1. The Balaban J connectivity index is 0.00000243. The highest BCUT2D eigenvalue weighted by Gasteiger charge is 2.40. The Morgan fingerprint density at radius 1 is 1.38 bits per heavy atom. The fourth-order valence-corrected chi connectivity index (χ4v) is 4.74. The van der Waals surface area contributed by atoms with Gasteiger partial charge < -0.3 is 15.0 Å². The number of guanidine groups is 1. The summed E-state index contributed by atoms with van der Waals surface area (Å²) in [6.07, 6.45) is 1.87. The maximum atomic E-state index is 12.2. The zero-order valence-corrected chi connectivity index (χ0v) is 18.8. The van der Waals surface area contributed by atoms with Crippen LogP contribution in [0, 0.1) is 0 Å². The molecule has 0 spiro atoms. The van der Waals surface area contributed by atoms with E-state index in [2.05, 4.69) is 22.4 Å². The molecule has 0 radical (unpaired) electrons. The number of sulfone groups is 1. The maximum absolute atomic E-state index is 12.2. The Hall–Kier alpha value is -1.03. The van der Waals surface area contributed by atoms with Crippen molar-refractivity contribution in [3.8, 4) is 5.75 Å². The van der Waals surface area contributed by atoms with Crippen LogP contribution in [0.1, 0.15) is 25.0 Å². The van der Waals surface area contributed by atoms with Crippen LogP contribution in [0.25, 0.3) is 0 Å². The van der Waals surface area contributed by atoms with E-state index in [1.54, 1.807) is 20.9 Å². The smallest absolute Gasteiger partial charge is 0.193 e. The normalized spacial score (nSPS) is 20.7. The van der Waals surface area contributed by atoms with E-state index in [1.807, 2.05) is 11.0 Å². The molecule has 0 bridgehead atoms. The Labute approximate surface area is 173 Å². The largest absolute Gasteiger partial charge is 0.493 e. The average molecular weight is 493 g/mol. The zero-order chi connectivity index (χ0) is 18.1. The lowest BCUT2D eigenvalue weighted by Gasteiger charge is -2.39. The maximum Gasteiger partial charge on any atom is 0.193 e. The van der Waals surface area contributed by atoms with Crippen molar-refractivity contribution in [2.45, 2.75) is 31.4 Å². The van der Waals surface area contributed by atoms with Gasteiger partial charge in [0.1, 0.15) is 5.75 Å². The van der Waals surface area contributed by atoms with E-state index in [0.717, 1.165) is 37.7 Å². The summed E-state index contributed by atoms with van der Waals surface area (Å²) in [5.41, 5.74) is 2.55. The third kappa shape index (κ3) is 4.44. The summed E-state index contributed by atoms with van der Waals surface area (Å²) < 4.78 is 29.1. The average Bonchev–Trinajstić information content (AvgIpc) is 3.02.